The summed E-state index contributed by atoms with van der Waals surface area (Å²) in [5, 5.41) is 9.63. The number of aliphatic hydroxyl groups is 1. The van der Waals surface area contributed by atoms with Gasteiger partial charge in [0.2, 0.25) is 0 Å². The molecule has 3 nitrogen and oxygen atoms in total. The van der Waals surface area contributed by atoms with Crippen molar-refractivity contribution >= 4 is 21.7 Å². The van der Waals surface area contributed by atoms with Gasteiger partial charge in [-0.3, -0.25) is 9.69 Å². The molecule has 1 fully saturated rings. The lowest BCUT2D eigenvalue weighted by Gasteiger charge is -2.36. The first kappa shape index (κ1) is 15.7. The number of Topliss-reactive ketones (excluding diaryl/α,β-unsaturated/α-hetero) is 1. The van der Waals surface area contributed by atoms with Crippen LogP contribution in [0.25, 0.3) is 0 Å². The van der Waals surface area contributed by atoms with Gasteiger partial charge in [0.15, 0.2) is 5.78 Å². The Morgan fingerprint density at radius 2 is 1.80 bits per heavy atom. The highest BCUT2D eigenvalue weighted by Crippen LogP contribution is 2.23. The minimum atomic E-state index is -0.241. The third-order valence-electron chi connectivity index (χ3n) is 4.31. The van der Waals surface area contributed by atoms with Crippen LogP contribution < -0.4 is 0 Å². The molecule has 20 heavy (non-hydrogen) atoms. The molecule has 110 valence electrons. The van der Waals surface area contributed by atoms with E-state index in [1.54, 1.807) is 0 Å². The van der Waals surface area contributed by atoms with Crippen LogP contribution in [0.1, 0.15) is 37.0 Å². The van der Waals surface area contributed by atoms with Crippen LogP contribution in [-0.4, -0.2) is 41.0 Å². The topological polar surface area (TPSA) is 40.5 Å². The van der Waals surface area contributed by atoms with Crippen molar-refractivity contribution < 1.29 is 9.90 Å². The summed E-state index contributed by atoms with van der Waals surface area (Å²) in [6.45, 7) is 5.61. The Kier molecular flexibility index (Phi) is 5.35. The van der Waals surface area contributed by atoms with E-state index in [1.807, 2.05) is 38.1 Å². The van der Waals surface area contributed by atoms with Gasteiger partial charge in [0.05, 0.1) is 12.1 Å². The van der Waals surface area contributed by atoms with Gasteiger partial charge < -0.3 is 5.11 Å². The second kappa shape index (κ2) is 6.83. The molecule has 0 amide bonds. The lowest BCUT2D eigenvalue weighted by atomic mass is 9.91. The summed E-state index contributed by atoms with van der Waals surface area (Å²) in [7, 11) is 0. The van der Waals surface area contributed by atoms with Gasteiger partial charge in [0.1, 0.15) is 0 Å². The molecule has 1 aromatic rings. The molecule has 0 aromatic heterocycles. The van der Waals surface area contributed by atoms with Crippen molar-refractivity contribution in [1.29, 1.82) is 0 Å². The predicted molar refractivity (Wildman–Crippen MR) is 83.9 cm³/mol. The van der Waals surface area contributed by atoms with Crippen molar-refractivity contribution in [2.24, 2.45) is 5.92 Å². The SMILES string of the molecule is CC(O)C1CCN(C(C)C(=O)c2ccc(Br)cc2)CC1. The maximum Gasteiger partial charge on any atom is 0.179 e. The molecule has 1 saturated heterocycles. The fourth-order valence-electron chi connectivity index (χ4n) is 2.81. The molecular formula is C16H22BrNO2. The number of hydrogen-bond acceptors (Lipinski definition) is 3. The van der Waals surface area contributed by atoms with Crippen LogP contribution in [0.2, 0.25) is 0 Å². The van der Waals surface area contributed by atoms with Gasteiger partial charge in [-0.2, -0.15) is 0 Å². The van der Waals surface area contributed by atoms with Crippen LogP contribution in [0.15, 0.2) is 28.7 Å². The Hall–Kier alpha value is -0.710. The molecule has 0 saturated carbocycles. The molecule has 1 aliphatic rings. The Bertz CT molecular complexity index is 450. The Balaban J connectivity index is 1.96. The number of ketones is 1. The zero-order chi connectivity index (χ0) is 14.7. The number of benzene rings is 1. The number of piperidine rings is 1. The summed E-state index contributed by atoms with van der Waals surface area (Å²) in [5.41, 5.74) is 0.762. The summed E-state index contributed by atoms with van der Waals surface area (Å²) < 4.78 is 0.986. The van der Waals surface area contributed by atoms with E-state index in [0.717, 1.165) is 36.0 Å². The Labute approximate surface area is 129 Å². The van der Waals surface area contributed by atoms with Gasteiger partial charge >= 0.3 is 0 Å². The number of carbonyl (C=O) groups excluding carboxylic acids is 1. The average Bonchev–Trinajstić information content (AvgIpc) is 2.46. The van der Waals surface area contributed by atoms with Crippen molar-refractivity contribution in [3.63, 3.8) is 0 Å². The first-order valence-corrected chi connectivity index (χ1v) is 8.00. The fraction of sp³-hybridized carbons (Fsp3) is 0.562. The molecule has 0 bridgehead atoms. The van der Waals surface area contributed by atoms with E-state index in [0.29, 0.717) is 5.92 Å². The highest BCUT2D eigenvalue weighted by atomic mass is 79.9. The highest BCUT2D eigenvalue weighted by molar-refractivity contribution is 9.10. The summed E-state index contributed by atoms with van der Waals surface area (Å²) in [4.78, 5) is 14.7. The summed E-state index contributed by atoms with van der Waals surface area (Å²) in [6.07, 6.45) is 1.69. The van der Waals surface area contributed by atoms with E-state index >= 15 is 0 Å². The van der Waals surface area contributed by atoms with Crippen molar-refractivity contribution in [2.75, 3.05) is 13.1 Å². The molecule has 0 radical (unpaired) electrons. The van der Waals surface area contributed by atoms with Crippen LogP contribution in [0.5, 0.6) is 0 Å². The van der Waals surface area contributed by atoms with Gasteiger partial charge in [-0.25, -0.2) is 0 Å². The zero-order valence-electron chi connectivity index (χ0n) is 12.1. The third-order valence-corrected chi connectivity index (χ3v) is 4.84. The summed E-state index contributed by atoms with van der Waals surface area (Å²) in [5.74, 6) is 0.550. The first-order chi connectivity index (χ1) is 9.49. The lowest BCUT2D eigenvalue weighted by molar-refractivity contribution is 0.0527. The smallest absolute Gasteiger partial charge is 0.179 e. The van der Waals surface area contributed by atoms with E-state index in [4.69, 9.17) is 0 Å². The number of likely N-dealkylation sites (tertiary alicyclic amines) is 1. The standard InChI is InChI=1S/C16H22BrNO2/c1-11(16(20)14-3-5-15(17)6-4-14)18-9-7-13(8-10-18)12(2)19/h3-6,11-13,19H,7-10H2,1-2H3. The largest absolute Gasteiger partial charge is 0.393 e. The number of halogens is 1. The van der Waals surface area contributed by atoms with E-state index < -0.39 is 0 Å². The molecule has 4 heteroatoms. The Morgan fingerprint density at radius 3 is 2.30 bits per heavy atom. The van der Waals surface area contributed by atoms with E-state index in [-0.39, 0.29) is 17.9 Å². The maximum atomic E-state index is 12.5. The lowest BCUT2D eigenvalue weighted by Crippen LogP contribution is -2.45. The van der Waals surface area contributed by atoms with Crippen LogP contribution in [0.4, 0.5) is 0 Å². The van der Waals surface area contributed by atoms with Crippen LogP contribution >= 0.6 is 15.9 Å². The van der Waals surface area contributed by atoms with Crippen molar-refractivity contribution in [3.05, 3.63) is 34.3 Å². The molecule has 1 N–H and O–H groups in total. The zero-order valence-corrected chi connectivity index (χ0v) is 13.6. The van der Waals surface area contributed by atoms with Crippen molar-refractivity contribution in [1.82, 2.24) is 4.90 Å². The third kappa shape index (κ3) is 3.68. The number of rotatable bonds is 4. The molecule has 2 unspecified atom stereocenters. The van der Waals surface area contributed by atoms with E-state index in [2.05, 4.69) is 20.8 Å². The molecule has 0 aliphatic carbocycles. The average molecular weight is 340 g/mol. The van der Waals surface area contributed by atoms with Gasteiger partial charge in [0, 0.05) is 10.0 Å². The molecule has 1 aromatic carbocycles. The van der Waals surface area contributed by atoms with E-state index in [9.17, 15) is 9.90 Å². The molecule has 2 rings (SSSR count). The number of aliphatic hydroxyl groups excluding tert-OH is 1. The molecule has 1 heterocycles. The molecule has 1 aliphatic heterocycles. The van der Waals surface area contributed by atoms with Crippen molar-refractivity contribution in [2.45, 2.75) is 38.8 Å². The Morgan fingerprint density at radius 1 is 1.25 bits per heavy atom. The van der Waals surface area contributed by atoms with Crippen LogP contribution in [-0.2, 0) is 0 Å². The molecule has 2 atom stereocenters. The predicted octanol–water partition coefficient (Wildman–Crippen LogP) is 3.11. The first-order valence-electron chi connectivity index (χ1n) is 7.21. The van der Waals surface area contributed by atoms with Gasteiger partial charge in [-0.15, -0.1) is 0 Å². The van der Waals surface area contributed by atoms with Crippen LogP contribution in [0.3, 0.4) is 0 Å². The normalized spacial score (nSPS) is 20.6. The summed E-state index contributed by atoms with van der Waals surface area (Å²) >= 11 is 3.38. The highest BCUT2D eigenvalue weighted by Gasteiger charge is 2.28. The second-order valence-electron chi connectivity index (χ2n) is 5.66. The van der Waals surface area contributed by atoms with Crippen molar-refractivity contribution in [3.8, 4) is 0 Å². The molecular weight excluding hydrogens is 318 g/mol. The second-order valence-corrected chi connectivity index (χ2v) is 6.58. The minimum Gasteiger partial charge on any atom is -0.393 e. The van der Waals surface area contributed by atoms with E-state index in [1.165, 1.54) is 0 Å². The number of hydrogen-bond donors (Lipinski definition) is 1. The number of nitrogens with zero attached hydrogens (tertiary/aromatic N) is 1. The summed E-state index contributed by atoms with van der Waals surface area (Å²) in [6, 6.07) is 7.45. The minimum absolute atomic E-state index is 0.0916. The van der Waals surface area contributed by atoms with Gasteiger partial charge in [0.25, 0.3) is 0 Å². The quantitative estimate of drug-likeness (QED) is 0.857. The van der Waals surface area contributed by atoms with Crippen LogP contribution in [0, 0.1) is 5.92 Å². The monoisotopic (exact) mass is 339 g/mol. The fourth-order valence-corrected chi connectivity index (χ4v) is 3.07. The maximum absolute atomic E-state index is 12.5. The molecule has 0 spiro atoms. The number of carbonyl (C=O) groups is 1. The van der Waals surface area contributed by atoms with Gasteiger partial charge in [-0.1, -0.05) is 28.1 Å². The van der Waals surface area contributed by atoms with Gasteiger partial charge in [-0.05, 0) is 57.8 Å².